The molecule has 0 radical (unpaired) electrons. The Morgan fingerprint density at radius 2 is 1.91 bits per heavy atom. The lowest BCUT2D eigenvalue weighted by Crippen LogP contribution is -2.08. The number of esters is 1. The van der Waals surface area contributed by atoms with E-state index in [1.54, 1.807) is 0 Å². The number of ether oxygens (including phenoxy) is 1. The molecule has 0 bridgehead atoms. The van der Waals surface area contributed by atoms with Crippen LogP contribution in [0.5, 0.6) is 0 Å². The summed E-state index contributed by atoms with van der Waals surface area (Å²) in [5.74, 6) is -0.313. The van der Waals surface area contributed by atoms with Gasteiger partial charge in [0.25, 0.3) is 0 Å². The molecule has 0 aliphatic rings. The molecule has 0 atom stereocenters. The first-order valence-corrected chi connectivity index (χ1v) is 7.99. The number of benzene rings is 2. The van der Waals surface area contributed by atoms with Crippen molar-refractivity contribution >= 4 is 28.5 Å². The van der Waals surface area contributed by atoms with E-state index in [9.17, 15) is 4.79 Å². The maximum absolute atomic E-state index is 12.3. The SMILES string of the molecule is CCOC(=O)c1[nH]c2c(C)cccc2c1Cc1ccc(Cl)cc1. The zero-order valence-electron chi connectivity index (χ0n) is 13.2. The highest BCUT2D eigenvalue weighted by atomic mass is 35.5. The average Bonchev–Trinajstić information content (AvgIpc) is 2.90. The number of halogens is 1. The van der Waals surface area contributed by atoms with Crippen LogP contribution in [0.1, 0.15) is 34.1 Å². The van der Waals surface area contributed by atoms with Crippen LogP contribution < -0.4 is 0 Å². The van der Waals surface area contributed by atoms with Crippen LogP contribution in [0.2, 0.25) is 5.02 Å². The lowest BCUT2D eigenvalue weighted by atomic mass is 10.0. The number of H-pyrrole nitrogens is 1. The van der Waals surface area contributed by atoms with Gasteiger partial charge in [-0.3, -0.25) is 0 Å². The number of nitrogens with one attached hydrogen (secondary N) is 1. The molecule has 2 aromatic carbocycles. The third-order valence-corrected chi connectivity index (χ3v) is 4.18. The second-order valence-corrected chi connectivity index (χ2v) is 5.94. The molecule has 3 rings (SSSR count). The standard InChI is InChI=1S/C19H18ClNO2/c1-3-23-19(22)18-16(11-13-7-9-14(20)10-8-13)15-6-4-5-12(2)17(15)21-18/h4-10,21H,3,11H2,1-2H3. The number of carbonyl (C=O) groups is 1. The molecule has 1 N–H and O–H groups in total. The molecular formula is C19H18ClNO2. The third-order valence-electron chi connectivity index (χ3n) is 3.92. The first kappa shape index (κ1) is 15.6. The summed E-state index contributed by atoms with van der Waals surface area (Å²) in [5.41, 5.74) is 4.69. The summed E-state index contributed by atoms with van der Waals surface area (Å²) in [6.45, 7) is 4.19. The summed E-state index contributed by atoms with van der Waals surface area (Å²) in [4.78, 5) is 15.6. The molecule has 0 aliphatic carbocycles. The van der Waals surface area contributed by atoms with Crippen LogP contribution in [0.15, 0.2) is 42.5 Å². The smallest absolute Gasteiger partial charge is 0.355 e. The van der Waals surface area contributed by atoms with Crippen molar-refractivity contribution in [2.24, 2.45) is 0 Å². The quantitative estimate of drug-likeness (QED) is 0.693. The monoisotopic (exact) mass is 327 g/mol. The van der Waals surface area contributed by atoms with E-state index in [0.29, 0.717) is 23.7 Å². The summed E-state index contributed by atoms with van der Waals surface area (Å²) in [7, 11) is 0. The van der Waals surface area contributed by atoms with E-state index in [4.69, 9.17) is 16.3 Å². The lowest BCUT2D eigenvalue weighted by molar-refractivity contribution is 0.0519. The van der Waals surface area contributed by atoms with E-state index in [1.165, 1.54) is 0 Å². The minimum Gasteiger partial charge on any atom is -0.461 e. The molecule has 0 saturated carbocycles. The number of hydrogen-bond acceptors (Lipinski definition) is 2. The molecule has 3 aromatic rings. The van der Waals surface area contributed by atoms with Gasteiger partial charge >= 0.3 is 5.97 Å². The molecule has 0 amide bonds. The Hall–Kier alpha value is -2.26. The molecule has 0 spiro atoms. The number of fused-ring (bicyclic) bond motifs is 1. The summed E-state index contributed by atoms with van der Waals surface area (Å²) in [6.07, 6.45) is 0.648. The minimum atomic E-state index is -0.313. The van der Waals surface area contributed by atoms with Crippen LogP contribution in [-0.4, -0.2) is 17.6 Å². The summed E-state index contributed by atoms with van der Waals surface area (Å²) in [5, 5.41) is 1.76. The highest BCUT2D eigenvalue weighted by Gasteiger charge is 2.19. The van der Waals surface area contributed by atoms with Crippen molar-refractivity contribution < 1.29 is 9.53 Å². The van der Waals surface area contributed by atoms with Crippen molar-refractivity contribution in [2.75, 3.05) is 6.61 Å². The number of carbonyl (C=O) groups excluding carboxylic acids is 1. The Balaban J connectivity index is 2.12. The molecule has 0 fully saturated rings. The van der Waals surface area contributed by atoms with Crippen LogP contribution in [0.3, 0.4) is 0 Å². The normalized spacial score (nSPS) is 10.9. The molecule has 1 heterocycles. The van der Waals surface area contributed by atoms with Crippen LogP contribution in [-0.2, 0) is 11.2 Å². The zero-order valence-corrected chi connectivity index (χ0v) is 13.9. The third kappa shape index (κ3) is 3.10. The van der Waals surface area contributed by atoms with Crippen molar-refractivity contribution in [1.29, 1.82) is 0 Å². The molecule has 3 nitrogen and oxygen atoms in total. The largest absolute Gasteiger partial charge is 0.461 e. The molecule has 0 aliphatic heterocycles. The van der Waals surface area contributed by atoms with Gasteiger partial charge in [-0.2, -0.15) is 0 Å². The Morgan fingerprint density at radius 3 is 2.61 bits per heavy atom. The average molecular weight is 328 g/mol. The Kier molecular flexibility index (Phi) is 4.39. The van der Waals surface area contributed by atoms with Gasteiger partial charge in [0.1, 0.15) is 5.69 Å². The molecule has 118 valence electrons. The van der Waals surface area contributed by atoms with Gasteiger partial charge in [0.2, 0.25) is 0 Å². The number of aromatic amines is 1. The van der Waals surface area contributed by atoms with Crippen molar-refractivity contribution in [3.05, 3.63) is 69.9 Å². The van der Waals surface area contributed by atoms with E-state index < -0.39 is 0 Å². The number of rotatable bonds is 4. The molecule has 0 unspecified atom stereocenters. The van der Waals surface area contributed by atoms with E-state index in [0.717, 1.165) is 27.6 Å². The van der Waals surface area contributed by atoms with Crippen molar-refractivity contribution in [3.8, 4) is 0 Å². The van der Waals surface area contributed by atoms with Gasteiger partial charge < -0.3 is 9.72 Å². The predicted molar refractivity (Wildman–Crippen MR) is 93.3 cm³/mol. The highest BCUT2D eigenvalue weighted by Crippen LogP contribution is 2.28. The molecule has 4 heteroatoms. The summed E-state index contributed by atoms with van der Waals surface area (Å²) in [6, 6.07) is 13.7. The van der Waals surface area contributed by atoms with Crippen molar-refractivity contribution in [3.63, 3.8) is 0 Å². The van der Waals surface area contributed by atoms with Gasteiger partial charge in [-0.25, -0.2) is 4.79 Å². The maximum atomic E-state index is 12.3. The zero-order chi connectivity index (χ0) is 16.4. The molecular weight excluding hydrogens is 310 g/mol. The maximum Gasteiger partial charge on any atom is 0.355 e. The Bertz CT molecular complexity index is 850. The number of aromatic nitrogens is 1. The summed E-state index contributed by atoms with van der Waals surface area (Å²) >= 11 is 5.95. The fraction of sp³-hybridized carbons (Fsp3) is 0.211. The van der Waals surface area contributed by atoms with E-state index >= 15 is 0 Å². The van der Waals surface area contributed by atoms with Gasteiger partial charge in [0.05, 0.1) is 6.61 Å². The second kappa shape index (κ2) is 6.47. The van der Waals surface area contributed by atoms with Crippen LogP contribution in [0, 0.1) is 6.92 Å². The van der Waals surface area contributed by atoms with Crippen LogP contribution >= 0.6 is 11.6 Å². The van der Waals surface area contributed by atoms with E-state index in [1.807, 2.05) is 56.3 Å². The highest BCUT2D eigenvalue weighted by molar-refractivity contribution is 6.30. The number of para-hydroxylation sites is 1. The van der Waals surface area contributed by atoms with Crippen LogP contribution in [0.25, 0.3) is 10.9 Å². The van der Waals surface area contributed by atoms with Crippen molar-refractivity contribution in [2.45, 2.75) is 20.3 Å². The number of hydrogen-bond donors (Lipinski definition) is 1. The fourth-order valence-electron chi connectivity index (χ4n) is 2.79. The van der Waals surface area contributed by atoms with Crippen LogP contribution in [0.4, 0.5) is 0 Å². The number of aryl methyl sites for hydroxylation is 1. The van der Waals surface area contributed by atoms with E-state index in [2.05, 4.69) is 4.98 Å². The Labute approximate surface area is 140 Å². The lowest BCUT2D eigenvalue weighted by Gasteiger charge is -2.05. The minimum absolute atomic E-state index is 0.313. The second-order valence-electron chi connectivity index (χ2n) is 5.50. The topological polar surface area (TPSA) is 42.1 Å². The molecule has 1 aromatic heterocycles. The predicted octanol–water partition coefficient (Wildman–Crippen LogP) is 4.90. The van der Waals surface area contributed by atoms with Crippen molar-refractivity contribution in [1.82, 2.24) is 4.98 Å². The molecule has 23 heavy (non-hydrogen) atoms. The summed E-state index contributed by atoms with van der Waals surface area (Å²) < 4.78 is 5.20. The first-order chi connectivity index (χ1) is 11.1. The fourth-order valence-corrected chi connectivity index (χ4v) is 2.91. The Morgan fingerprint density at radius 1 is 1.17 bits per heavy atom. The van der Waals surface area contributed by atoms with Gasteiger partial charge in [-0.05, 0) is 42.7 Å². The van der Waals surface area contributed by atoms with Gasteiger partial charge in [-0.1, -0.05) is 41.9 Å². The van der Waals surface area contributed by atoms with Gasteiger partial charge in [0, 0.05) is 22.3 Å². The van der Waals surface area contributed by atoms with Gasteiger partial charge in [0.15, 0.2) is 0 Å². The first-order valence-electron chi connectivity index (χ1n) is 7.62. The van der Waals surface area contributed by atoms with E-state index in [-0.39, 0.29) is 5.97 Å². The van der Waals surface area contributed by atoms with Gasteiger partial charge in [-0.15, -0.1) is 0 Å². The molecule has 0 saturated heterocycles.